The van der Waals surface area contributed by atoms with E-state index < -0.39 is 0 Å². The minimum Gasteiger partial charge on any atom is -0.300 e. The maximum atomic E-state index is 10.5. The third-order valence-electron chi connectivity index (χ3n) is 2.05. The lowest BCUT2D eigenvalue weighted by Crippen LogP contribution is -2.35. The van der Waals surface area contributed by atoms with Crippen LogP contribution in [0.3, 0.4) is 0 Å². The second-order valence-corrected chi connectivity index (χ2v) is 2.67. The Morgan fingerprint density at radius 1 is 1.78 bits per heavy atom. The van der Waals surface area contributed by atoms with E-state index in [2.05, 4.69) is 5.92 Å². The van der Waals surface area contributed by atoms with E-state index in [9.17, 15) is 4.79 Å². The molecule has 1 rings (SSSR count). The van der Waals surface area contributed by atoms with E-state index in [0.29, 0.717) is 18.6 Å². The van der Waals surface area contributed by atoms with Crippen LogP contribution in [0, 0.1) is 17.8 Å². The number of terminal acetylenes is 1. The van der Waals surface area contributed by atoms with Crippen LogP contribution < -0.4 is 0 Å². The van der Waals surface area contributed by atoms with E-state index >= 15 is 0 Å². The first-order valence-corrected chi connectivity index (χ1v) is 3.22. The van der Waals surface area contributed by atoms with Gasteiger partial charge >= 0.3 is 0 Å². The van der Waals surface area contributed by atoms with Gasteiger partial charge in [0.15, 0.2) is 0 Å². The van der Waals surface area contributed by atoms with Crippen LogP contribution in [0.2, 0.25) is 0 Å². The van der Waals surface area contributed by atoms with Crippen LogP contribution in [0.1, 0.15) is 26.2 Å². The van der Waals surface area contributed by atoms with Crippen LogP contribution in [-0.2, 0) is 4.79 Å². The number of carbonyl (C=O) groups is 1. The predicted molar refractivity (Wildman–Crippen MR) is 35.8 cm³/mol. The Hall–Kier alpha value is -0.770. The zero-order valence-electron chi connectivity index (χ0n) is 5.61. The highest BCUT2D eigenvalue weighted by molar-refractivity contribution is 5.87. The van der Waals surface area contributed by atoms with Crippen LogP contribution in [0.4, 0.5) is 0 Å². The first kappa shape index (κ1) is 6.35. The Morgan fingerprint density at radius 3 is 2.44 bits per heavy atom. The van der Waals surface area contributed by atoms with E-state index in [1.165, 1.54) is 0 Å². The van der Waals surface area contributed by atoms with Gasteiger partial charge in [-0.1, -0.05) is 12.8 Å². The molecule has 1 aliphatic carbocycles. The SMILES string of the molecule is C#CC1(CC)CC(=O)C1. The van der Waals surface area contributed by atoms with Crippen molar-refractivity contribution in [3.8, 4) is 12.3 Å². The first-order chi connectivity index (χ1) is 4.22. The van der Waals surface area contributed by atoms with Crippen molar-refractivity contribution < 1.29 is 4.79 Å². The van der Waals surface area contributed by atoms with E-state index in [0.717, 1.165) is 6.42 Å². The van der Waals surface area contributed by atoms with Crippen molar-refractivity contribution in [2.45, 2.75) is 26.2 Å². The Bertz CT molecular complexity index is 165. The quantitative estimate of drug-likeness (QED) is 0.480. The predicted octanol–water partition coefficient (Wildman–Crippen LogP) is 1.38. The number of carbonyl (C=O) groups excluding carboxylic acids is 1. The molecule has 0 radical (unpaired) electrons. The highest BCUT2D eigenvalue weighted by Gasteiger charge is 2.39. The molecular formula is C8H10O. The number of hydrogen-bond acceptors (Lipinski definition) is 1. The van der Waals surface area contributed by atoms with Crippen molar-refractivity contribution in [3.63, 3.8) is 0 Å². The standard InChI is InChI=1S/C8H10O/c1-3-8(4-2)5-7(9)6-8/h1H,4-6H2,2H3. The third kappa shape index (κ3) is 0.853. The van der Waals surface area contributed by atoms with Gasteiger partial charge in [-0.2, -0.15) is 0 Å². The summed E-state index contributed by atoms with van der Waals surface area (Å²) in [6.07, 6.45) is 7.40. The van der Waals surface area contributed by atoms with E-state index in [4.69, 9.17) is 6.42 Å². The summed E-state index contributed by atoms with van der Waals surface area (Å²) < 4.78 is 0. The Labute approximate surface area is 55.4 Å². The summed E-state index contributed by atoms with van der Waals surface area (Å²) in [6, 6.07) is 0. The van der Waals surface area contributed by atoms with Crippen molar-refractivity contribution >= 4 is 5.78 Å². The normalized spacial score (nSPS) is 22.4. The van der Waals surface area contributed by atoms with Crippen molar-refractivity contribution in [2.75, 3.05) is 0 Å². The molecule has 1 fully saturated rings. The lowest BCUT2D eigenvalue weighted by atomic mass is 9.67. The first-order valence-electron chi connectivity index (χ1n) is 3.22. The second kappa shape index (κ2) is 1.88. The lowest BCUT2D eigenvalue weighted by molar-refractivity contribution is -0.129. The summed E-state index contributed by atoms with van der Waals surface area (Å²) in [6.45, 7) is 2.03. The summed E-state index contributed by atoms with van der Waals surface area (Å²) >= 11 is 0. The van der Waals surface area contributed by atoms with Crippen molar-refractivity contribution in [2.24, 2.45) is 5.41 Å². The molecule has 1 saturated carbocycles. The van der Waals surface area contributed by atoms with Gasteiger partial charge in [-0.15, -0.1) is 6.42 Å². The van der Waals surface area contributed by atoms with Gasteiger partial charge in [0.1, 0.15) is 5.78 Å². The van der Waals surface area contributed by atoms with Gasteiger partial charge in [-0.3, -0.25) is 4.79 Å². The Kier molecular flexibility index (Phi) is 1.32. The molecule has 0 saturated heterocycles. The summed E-state index contributed by atoms with van der Waals surface area (Å²) in [5.41, 5.74) is -0.0446. The van der Waals surface area contributed by atoms with Crippen LogP contribution >= 0.6 is 0 Å². The molecule has 0 amide bonds. The second-order valence-electron chi connectivity index (χ2n) is 2.67. The topological polar surface area (TPSA) is 17.1 Å². The average Bonchev–Trinajstić information content (AvgIpc) is 1.81. The molecule has 1 nitrogen and oxygen atoms in total. The summed E-state index contributed by atoms with van der Waals surface area (Å²) in [5.74, 6) is 2.99. The fourth-order valence-corrected chi connectivity index (χ4v) is 1.16. The molecule has 9 heavy (non-hydrogen) atoms. The maximum absolute atomic E-state index is 10.5. The van der Waals surface area contributed by atoms with E-state index in [1.807, 2.05) is 6.92 Å². The van der Waals surface area contributed by atoms with Crippen LogP contribution in [0.15, 0.2) is 0 Å². The summed E-state index contributed by atoms with van der Waals surface area (Å²) in [7, 11) is 0. The molecule has 0 spiro atoms. The molecule has 0 atom stereocenters. The highest BCUT2D eigenvalue weighted by atomic mass is 16.1. The number of Topliss-reactive ketones (excluding diaryl/α,β-unsaturated/α-hetero) is 1. The molecule has 0 aromatic rings. The number of rotatable bonds is 1. The molecule has 0 unspecified atom stereocenters. The van der Waals surface area contributed by atoms with Gasteiger partial charge in [0.05, 0.1) is 0 Å². The molecule has 0 heterocycles. The molecule has 0 aliphatic heterocycles. The molecule has 0 aromatic carbocycles. The lowest BCUT2D eigenvalue weighted by Gasteiger charge is -2.34. The fraction of sp³-hybridized carbons (Fsp3) is 0.625. The van der Waals surface area contributed by atoms with Gasteiger partial charge in [0.25, 0.3) is 0 Å². The van der Waals surface area contributed by atoms with Crippen LogP contribution in [0.5, 0.6) is 0 Å². The van der Waals surface area contributed by atoms with E-state index in [1.54, 1.807) is 0 Å². The minimum atomic E-state index is -0.0446. The fourth-order valence-electron chi connectivity index (χ4n) is 1.16. The van der Waals surface area contributed by atoms with Crippen molar-refractivity contribution in [1.29, 1.82) is 0 Å². The smallest absolute Gasteiger partial charge is 0.135 e. The monoisotopic (exact) mass is 122 g/mol. The van der Waals surface area contributed by atoms with Crippen molar-refractivity contribution in [3.05, 3.63) is 0 Å². The largest absolute Gasteiger partial charge is 0.300 e. The molecule has 0 bridgehead atoms. The Balaban J connectivity index is 2.58. The molecule has 48 valence electrons. The Morgan fingerprint density at radius 2 is 2.33 bits per heavy atom. The van der Waals surface area contributed by atoms with E-state index in [-0.39, 0.29) is 5.41 Å². The molecule has 0 N–H and O–H groups in total. The summed E-state index contributed by atoms with van der Waals surface area (Å²) in [4.78, 5) is 10.5. The molecular weight excluding hydrogens is 112 g/mol. The van der Waals surface area contributed by atoms with Gasteiger partial charge in [-0.25, -0.2) is 0 Å². The average molecular weight is 122 g/mol. The molecule has 0 aromatic heterocycles. The summed E-state index contributed by atoms with van der Waals surface area (Å²) in [5, 5.41) is 0. The minimum absolute atomic E-state index is 0.0446. The number of hydrogen-bond donors (Lipinski definition) is 0. The number of ketones is 1. The zero-order valence-corrected chi connectivity index (χ0v) is 5.61. The van der Waals surface area contributed by atoms with Gasteiger partial charge in [0.2, 0.25) is 0 Å². The molecule has 1 heteroatoms. The molecule has 1 aliphatic rings. The van der Waals surface area contributed by atoms with Gasteiger partial charge in [0, 0.05) is 18.3 Å². The van der Waals surface area contributed by atoms with Crippen LogP contribution in [-0.4, -0.2) is 5.78 Å². The van der Waals surface area contributed by atoms with Gasteiger partial charge in [-0.05, 0) is 6.42 Å². The maximum Gasteiger partial charge on any atom is 0.135 e. The zero-order chi connectivity index (χ0) is 6.91. The highest BCUT2D eigenvalue weighted by Crippen LogP contribution is 2.39. The third-order valence-corrected chi connectivity index (χ3v) is 2.05. The van der Waals surface area contributed by atoms with Gasteiger partial charge < -0.3 is 0 Å². The van der Waals surface area contributed by atoms with Crippen molar-refractivity contribution in [1.82, 2.24) is 0 Å². The van der Waals surface area contributed by atoms with Crippen LogP contribution in [0.25, 0.3) is 0 Å².